The molecule has 2 heterocycles. The summed E-state index contributed by atoms with van der Waals surface area (Å²) in [5, 5.41) is 9.40. The third kappa shape index (κ3) is 4.71. The third-order valence-electron chi connectivity index (χ3n) is 4.31. The van der Waals surface area contributed by atoms with Gasteiger partial charge in [-0.05, 0) is 35.4 Å². The van der Waals surface area contributed by atoms with Crippen molar-refractivity contribution in [1.82, 2.24) is 4.90 Å². The number of Topliss-reactive ketones (excluding diaryl/α,β-unsaturated/α-hetero) is 1. The lowest BCUT2D eigenvalue weighted by atomic mass is 9.92. The van der Waals surface area contributed by atoms with Crippen LogP contribution in [0.2, 0.25) is 0 Å². The Morgan fingerprint density at radius 2 is 1.75 bits per heavy atom. The molecule has 5 nitrogen and oxygen atoms in total. The van der Waals surface area contributed by atoms with Gasteiger partial charge in [0, 0.05) is 42.7 Å². The van der Waals surface area contributed by atoms with Gasteiger partial charge in [-0.1, -0.05) is 24.3 Å². The molecule has 140 valence electrons. The van der Waals surface area contributed by atoms with E-state index in [1.165, 1.54) is 12.2 Å². The van der Waals surface area contributed by atoms with Crippen LogP contribution in [-0.4, -0.2) is 28.8 Å². The molecule has 0 unspecified atom stereocenters. The van der Waals surface area contributed by atoms with Crippen molar-refractivity contribution in [2.75, 3.05) is 7.05 Å². The van der Waals surface area contributed by atoms with Gasteiger partial charge in [-0.2, -0.15) is 0 Å². The number of aryl methyl sites for hydroxylation is 1. The minimum atomic E-state index is -1.07. The van der Waals surface area contributed by atoms with Gasteiger partial charge in [-0.3, -0.25) is 4.79 Å². The fraction of sp³-hybridized carbons (Fsp3) is 0.0870. The zero-order chi connectivity index (χ0) is 20.1. The third-order valence-corrected chi connectivity index (χ3v) is 4.31. The SMILES string of the molecule is CN1C=CC(=C/C=C2\C=C(C(=O)O)C=C(/C=C/c3cc[n+](C)cc3)C2=O)C=C1. The van der Waals surface area contributed by atoms with Crippen molar-refractivity contribution >= 4 is 17.8 Å². The van der Waals surface area contributed by atoms with E-state index in [2.05, 4.69) is 0 Å². The molecule has 0 spiro atoms. The number of hydrogen-bond donors (Lipinski definition) is 1. The number of aromatic nitrogens is 1. The van der Waals surface area contributed by atoms with E-state index >= 15 is 0 Å². The van der Waals surface area contributed by atoms with Crippen LogP contribution in [0.15, 0.2) is 102 Å². The number of aliphatic carboxylic acids is 1. The Kier molecular flexibility index (Phi) is 5.65. The molecular formula is C23H21N2O3+. The number of nitrogens with zero attached hydrogens (tertiary/aromatic N) is 2. The molecule has 2 aliphatic rings. The zero-order valence-electron chi connectivity index (χ0n) is 15.7. The van der Waals surface area contributed by atoms with Crippen LogP contribution in [-0.2, 0) is 16.6 Å². The summed E-state index contributed by atoms with van der Waals surface area (Å²) < 4.78 is 1.91. The van der Waals surface area contributed by atoms with Gasteiger partial charge in [0.25, 0.3) is 0 Å². The van der Waals surface area contributed by atoms with Crippen molar-refractivity contribution in [2.24, 2.45) is 7.05 Å². The molecule has 1 N–H and O–H groups in total. The van der Waals surface area contributed by atoms with Crippen LogP contribution in [0.4, 0.5) is 0 Å². The molecule has 3 rings (SSSR count). The second-order valence-electron chi connectivity index (χ2n) is 6.55. The van der Waals surface area contributed by atoms with Crippen molar-refractivity contribution in [3.63, 3.8) is 0 Å². The minimum Gasteiger partial charge on any atom is -0.478 e. The Labute approximate surface area is 163 Å². The molecule has 0 aromatic carbocycles. The summed E-state index contributed by atoms with van der Waals surface area (Å²) in [6.07, 6.45) is 21.2. The van der Waals surface area contributed by atoms with Gasteiger partial charge < -0.3 is 10.0 Å². The molecule has 0 saturated heterocycles. The lowest BCUT2D eigenvalue weighted by Crippen LogP contribution is -2.25. The van der Waals surface area contributed by atoms with Crippen LogP contribution >= 0.6 is 0 Å². The summed E-state index contributed by atoms with van der Waals surface area (Å²) in [6.45, 7) is 0. The van der Waals surface area contributed by atoms with Gasteiger partial charge in [-0.25, -0.2) is 9.36 Å². The first-order valence-corrected chi connectivity index (χ1v) is 8.77. The fourth-order valence-corrected chi connectivity index (χ4v) is 2.66. The Morgan fingerprint density at radius 1 is 1.07 bits per heavy atom. The van der Waals surface area contributed by atoms with E-state index in [-0.39, 0.29) is 11.4 Å². The van der Waals surface area contributed by atoms with Crippen molar-refractivity contribution in [1.29, 1.82) is 0 Å². The maximum Gasteiger partial charge on any atom is 0.335 e. The maximum absolute atomic E-state index is 12.8. The van der Waals surface area contributed by atoms with Crippen LogP contribution in [0.3, 0.4) is 0 Å². The van der Waals surface area contributed by atoms with Crippen molar-refractivity contribution < 1.29 is 19.3 Å². The molecule has 28 heavy (non-hydrogen) atoms. The van der Waals surface area contributed by atoms with E-state index in [1.807, 2.05) is 72.6 Å². The Balaban J connectivity index is 1.89. The Morgan fingerprint density at radius 3 is 2.39 bits per heavy atom. The van der Waals surface area contributed by atoms with Crippen molar-refractivity contribution in [3.8, 4) is 0 Å². The molecule has 1 aromatic rings. The number of carboxylic acid groups (broad SMARTS) is 1. The number of carboxylic acids is 1. The molecule has 1 aliphatic heterocycles. The zero-order valence-corrected chi connectivity index (χ0v) is 15.7. The largest absolute Gasteiger partial charge is 0.478 e. The average molecular weight is 373 g/mol. The monoisotopic (exact) mass is 373 g/mol. The highest BCUT2D eigenvalue weighted by atomic mass is 16.4. The van der Waals surface area contributed by atoms with Crippen molar-refractivity contribution in [2.45, 2.75) is 0 Å². The molecular weight excluding hydrogens is 352 g/mol. The molecule has 1 aromatic heterocycles. The van der Waals surface area contributed by atoms with Gasteiger partial charge in [0.2, 0.25) is 0 Å². The topological polar surface area (TPSA) is 61.5 Å². The molecule has 0 fully saturated rings. The number of ketones is 1. The fourth-order valence-electron chi connectivity index (χ4n) is 2.66. The highest BCUT2D eigenvalue weighted by Gasteiger charge is 2.20. The molecule has 0 atom stereocenters. The highest BCUT2D eigenvalue weighted by Crippen LogP contribution is 2.22. The van der Waals surface area contributed by atoms with Crippen LogP contribution in [0, 0.1) is 0 Å². The second kappa shape index (κ2) is 8.31. The smallest absolute Gasteiger partial charge is 0.335 e. The summed E-state index contributed by atoms with van der Waals surface area (Å²) >= 11 is 0. The predicted octanol–water partition coefficient (Wildman–Crippen LogP) is 2.87. The predicted molar refractivity (Wildman–Crippen MR) is 108 cm³/mol. The molecule has 0 radical (unpaired) electrons. The molecule has 0 bridgehead atoms. The average Bonchev–Trinajstić information content (AvgIpc) is 2.68. The quantitative estimate of drug-likeness (QED) is 0.651. The lowest BCUT2D eigenvalue weighted by molar-refractivity contribution is -0.671. The number of carbonyl (C=O) groups excluding carboxylic acids is 1. The van der Waals surface area contributed by atoms with Crippen molar-refractivity contribution in [3.05, 3.63) is 107 Å². The molecule has 5 heteroatoms. The van der Waals surface area contributed by atoms with Crippen LogP contribution in [0.1, 0.15) is 5.56 Å². The summed E-state index contributed by atoms with van der Waals surface area (Å²) in [5.41, 5.74) is 2.61. The Bertz CT molecular complexity index is 1000. The number of hydrogen-bond acceptors (Lipinski definition) is 3. The number of rotatable bonds is 4. The molecule has 0 saturated carbocycles. The standard InChI is InChI=1S/C23H20N2O3/c1-24-11-7-17(8-12-24)3-5-19-15-21(23(27)28)16-20(22(19)26)6-4-18-9-13-25(2)14-10-18/h3-16H,1-2H3/p+1. The normalized spacial score (nSPS) is 17.9. The number of pyridine rings is 1. The van der Waals surface area contributed by atoms with E-state index < -0.39 is 5.97 Å². The summed E-state index contributed by atoms with van der Waals surface area (Å²) in [6, 6.07) is 3.83. The maximum atomic E-state index is 12.8. The van der Waals surface area contributed by atoms with Gasteiger partial charge in [0.15, 0.2) is 18.2 Å². The van der Waals surface area contributed by atoms with Gasteiger partial charge in [0.05, 0.1) is 5.57 Å². The van der Waals surface area contributed by atoms with Gasteiger partial charge >= 0.3 is 5.97 Å². The lowest BCUT2D eigenvalue weighted by Gasteiger charge is -2.12. The van der Waals surface area contributed by atoms with Crippen LogP contribution in [0.5, 0.6) is 0 Å². The van der Waals surface area contributed by atoms with E-state index in [9.17, 15) is 14.7 Å². The second-order valence-corrected chi connectivity index (χ2v) is 6.55. The molecule has 1 aliphatic carbocycles. The van der Waals surface area contributed by atoms with E-state index in [1.54, 1.807) is 24.3 Å². The summed E-state index contributed by atoms with van der Waals surface area (Å²) in [4.78, 5) is 26.2. The first-order valence-electron chi connectivity index (χ1n) is 8.77. The highest BCUT2D eigenvalue weighted by molar-refractivity contribution is 6.16. The number of allylic oxidation sites excluding steroid dienone is 9. The molecule has 0 amide bonds. The number of carbonyl (C=O) groups is 2. The summed E-state index contributed by atoms with van der Waals surface area (Å²) in [7, 11) is 3.84. The van der Waals surface area contributed by atoms with Gasteiger partial charge in [0.1, 0.15) is 7.05 Å². The Hall–Kier alpha value is -3.73. The van der Waals surface area contributed by atoms with E-state index in [0.29, 0.717) is 11.1 Å². The van der Waals surface area contributed by atoms with E-state index in [0.717, 1.165) is 11.1 Å². The van der Waals surface area contributed by atoms with Crippen LogP contribution in [0.25, 0.3) is 6.08 Å². The van der Waals surface area contributed by atoms with Crippen LogP contribution < -0.4 is 4.57 Å². The minimum absolute atomic E-state index is 0.0813. The van der Waals surface area contributed by atoms with Gasteiger partial charge in [-0.15, -0.1) is 0 Å². The summed E-state index contributed by atoms with van der Waals surface area (Å²) in [5.74, 6) is -1.27. The first-order chi connectivity index (χ1) is 13.4. The van der Waals surface area contributed by atoms with E-state index in [4.69, 9.17) is 0 Å². The first kappa shape index (κ1) is 19.0.